The van der Waals surface area contributed by atoms with E-state index in [2.05, 4.69) is 0 Å². The van der Waals surface area contributed by atoms with E-state index in [1.807, 2.05) is 12.1 Å². The summed E-state index contributed by atoms with van der Waals surface area (Å²) in [5, 5.41) is 0. The summed E-state index contributed by atoms with van der Waals surface area (Å²) in [5.74, 6) is -1.13. The van der Waals surface area contributed by atoms with Crippen LogP contribution in [0.1, 0.15) is 37.3 Å². The van der Waals surface area contributed by atoms with Crippen molar-refractivity contribution in [3.63, 3.8) is 0 Å². The van der Waals surface area contributed by atoms with Gasteiger partial charge in [-0.25, -0.2) is 8.78 Å². The Labute approximate surface area is 118 Å². The van der Waals surface area contributed by atoms with Crippen molar-refractivity contribution in [1.82, 2.24) is 0 Å². The van der Waals surface area contributed by atoms with Gasteiger partial charge in [0.1, 0.15) is 11.5 Å². The predicted octanol–water partition coefficient (Wildman–Crippen LogP) is 3.53. The third-order valence-electron chi connectivity index (χ3n) is 4.07. The number of ether oxygens (including phenoxy) is 2. The van der Waals surface area contributed by atoms with Crippen LogP contribution in [-0.4, -0.2) is 20.1 Å². The Morgan fingerprint density at radius 1 is 1.20 bits per heavy atom. The highest BCUT2D eigenvalue weighted by atomic mass is 19.3. The fourth-order valence-electron chi connectivity index (χ4n) is 2.77. The highest BCUT2D eigenvalue weighted by Gasteiger charge is 2.37. The maximum Gasteiger partial charge on any atom is 0.248 e. The second kappa shape index (κ2) is 5.95. The van der Waals surface area contributed by atoms with E-state index in [4.69, 9.17) is 15.2 Å². The standard InChI is InChI=1S/C15H21F2NO2/c1-19-11-3-4-12(13(9-11)20-2)14(18)10-5-7-15(16,17)8-6-10/h3-4,9-10,14H,5-8,18H2,1-2H3. The normalized spacial score (nSPS) is 20.4. The fourth-order valence-corrected chi connectivity index (χ4v) is 2.77. The first-order valence-corrected chi connectivity index (χ1v) is 6.82. The van der Waals surface area contributed by atoms with Gasteiger partial charge in [-0.3, -0.25) is 0 Å². The molecule has 1 aliphatic rings. The molecule has 0 saturated heterocycles. The predicted molar refractivity (Wildman–Crippen MR) is 73.4 cm³/mol. The Hall–Kier alpha value is -1.36. The van der Waals surface area contributed by atoms with E-state index in [9.17, 15) is 8.78 Å². The van der Waals surface area contributed by atoms with E-state index >= 15 is 0 Å². The molecule has 0 amide bonds. The van der Waals surface area contributed by atoms with Gasteiger partial charge in [-0.2, -0.15) is 0 Å². The van der Waals surface area contributed by atoms with Crippen LogP contribution in [0, 0.1) is 5.92 Å². The maximum atomic E-state index is 13.2. The minimum Gasteiger partial charge on any atom is -0.497 e. The third-order valence-corrected chi connectivity index (χ3v) is 4.07. The molecule has 1 fully saturated rings. The Bertz CT molecular complexity index is 455. The minimum absolute atomic E-state index is 0.0666. The lowest BCUT2D eigenvalue weighted by Crippen LogP contribution is -2.31. The van der Waals surface area contributed by atoms with Gasteiger partial charge in [0.2, 0.25) is 5.92 Å². The molecule has 0 bridgehead atoms. The van der Waals surface area contributed by atoms with E-state index in [0.717, 1.165) is 5.56 Å². The molecule has 2 rings (SSSR count). The molecule has 0 spiro atoms. The molecule has 1 unspecified atom stereocenters. The number of hydrogen-bond acceptors (Lipinski definition) is 3. The van der Waals surface area contributed by atoms with Crippen molar-refractivity contribution in [2.24, 2.45) is 11.7 Å². The van der Waals surface area contributed by atoms with Crippen LogP contribution in [-0.2, 0) is 0 Å². The van der Waals surface area contributed by atoms with Crippen molar-refractivity contribution >= 4 is 0 Å². The summed E-state index contributed by atoms with van der Waals surface area (Å²) in [4.78, 5) is 0. The van der Waals surface area contributed by atoms with Crippen LogP contribution in [0.25, 0.3) is 0 Å². The maximum absolute atomic E-state index is 13.2. The Balaban J connectivity index is 2.15. The lowest BCUT2D eigenvalue weighted by Gasteiger charge is -2.32. The van der Waals surface area contributed by atoms with Gasteiger partial charge in [0, 0.05) is 30.5 Å². The Morgan fingerprint density at radius 3 is 2.40 bits per heavy atom. The molecule has 2 N–H and O–H groups in total. The van der Waals surface area contributed by atoms with Crippen LogP contribution < -0.4 is 15.2 Å². The lowest BCUT2D eigenvalue weighted by molar-refractivity contribution is -0.0484. The molecule has 0 aromatic heterocycles. The summed E-state index contributed by atoms with van der Waals surface area (Å²) in [7, 11) is 3.15. The molecule has 5 heteroatoms. The van der Waals surface area contributed by atoms with Crippen molar-refractivity contribution in [1.29, 1.82) is 0 Å². The quantitative estimate of drug-likeness (QED) is 0.920. The average molecular weight is 285 g/mol. The van der Waals surface area contributed by atoms with Crippen molar-refractivity contribution in [3.8, 4) is 11.5 Å². The molecule has 1 aromatic carbocycles. The molecule has 1 aromatic rings. The molecule has 3 nitrogen and oxygen atoms in total. The second-order valence-electron chi connectivity index (χ2n) is 5.33. The Morgan fingerprint density at radius 2 is 1.85 bits per heavy atom. The zero-order valence-electron chi connectivity index (χ0n) is 11.9. The van der Waals surface area contributed by atoms with E-state index < -0.39 is 5.92 Å². The van der Waals surface area contributed by atoms with Gasteiger partial charge < -0.3 is 15.2 Å². The zero-order valence-corrected chi connectivity index (χ0v) is 11.9. The molecule has 1 aliphatic carbocycles. The summed E-state index contributed by atoms with van der Waals surface area (Å²) in [6.45, 7) is 0. The SMILES string of the molecule is COc1ccc(C(N)C2CCC(F)(F)CC2)c(OC)c1. The first kappa shape index (κ1) is 15.0. The number of halogens is 2. The van der Waals surface area contributed by atoms with Gasteiger partial charge in [0.05, 0.1) is 14.2 Å². The number of alkyl halides is 2. The minimum atomic E-state index is -2.53. The monoisotopic (exact) mass is 285 g/mol. The van der Waals surface area contributed by atoms with Crippen molar-refractivity contribution in [2.45, 2.75) is 37.6 Å². The molecule has 0 heterocycles. The second-order valence-corrected chi connectivity index (χ2v) is 5.33. The van der Waals surface area contributed by atoms with Crippen molar-refractivity contribution < 1.29 is 18.3 Å². The van der Waals surface area contributed by atoms with Crippen LogP contribution in [0.2, 0.25) is 0 Å². The first-order chi connectivity index (χ1) is 9.46. The van der Waals surface area contributed by atoms with E-state index in [1.165, 1.54) is 0 Å². The molecule has 0 aliphatic heterocycles. The van der Waals surface area contributed by atoms with Gasteiger partial charge in [0.15, 0.2) is 0 Å². The molecular formula is C15H21F2NO2. The number of hydrogen-bond donors (Lipinski definition) is 1. The van der Waals surface area contributed by atoms with Gasteiger partial charge in [-0.05, 0) is 24.8 Å². The molecule has 112 valence electrons. The summed E-state index contributed by atoms with van der Waals surface area (Å²) in [5.41, 5.74) is 7.11. The van der Waals surface area contributed by atoms with Crippen molar-refractivity contribution in [3.05, 3.63) is 23.8 Å². The molecule has 20 heavy (non-hydrogen) atoms. The highest BCUT2D eigenvalue weighted by Crippen LogP contribution is 2.42. The number of rotatable bonds is 4. The van der Waals surface area contributed by atoms with Crippen LogP contribution in [0.3, 0.4) is 0 Å². The van der Waals surface area contributed by atoms with Gasteiger partial charge in [-0.15, -0.1) is 0 Å². The number of nitrogens with two attached hydrogens (primary N) is 1. The smallest absolute Gasteiger partial charge is 0.248 e. The fraction of sp³-hybridized carbons (Fsp3) is 0.600. The van der Waals surface area contributed by atoms with E-state index in [1.54, 1.807) is 20.3 Å². The van der Waals surface area contributed by atoms with Crippen LogP contribution in [0.5, 0.6) is 11.5 Å². The van der Waals surface area contributed by atoms with Gasteiger partial charge in [0.25, 0.3) is 0 Å². The average Bonchev–Trinajstić information content (AvgIpc) is 2.45. The van der Waals surface area contributed by atoms with Crippen LogP contribution in [0.15, 0.2) is 18.2 Å². The summed E-state index contributed by atoms with van der Waals surface area (Å²) < 4.78 is 36.9. The van der Waals surface area contributed by atoms with E-state index in [-0.39, 0.29) is 24.8 Å². The molecule has 1 saturated carbocycles. The molecular weight excluding hydrogens is 264 g/mol. The topological polar surface area (TPSA) is 44.5 Å². The first-order valence-electron chi connectivity index (χ1n) is 6.82. The summed E-state index contributed by atoms with van der Waals surface area (Å²) in [6, 6.07) is 5.16. The zero-order chi connectivity index (χ0) is 14.8. The van der Waals surface area contributed by atoms with E-state index in [0.29, 0.717) is 24.3 Å². The van der Waals surface area contributed by atoms with Crippen LogP contribution in [0.4, 0.5) is 8.78 Å². The van der Waals surface area contributed by atoms with Gasteiger partial charge in [-0.1, -0.05) is 6.07 Å². The lowest BCUT2D eigenvalue weighted by atomic mass is 9.80. The summed E-state index contributed by atoms with van der Waals surface area (Å²) >= 11 is 0. The molecule has 1 atom stereocenters. The number of benzene rings is 1. The third kappa shape index (κ3) is 3.20. The highest BCUT2D eigenvalue weighted by molar-refractivity contribution is 5.42. The van der Waals surface area contributed by atoms with Crippen molar-refractivity contribution in [2.75, 3.05) is 14.2 Å². The number of methoxy groups -OCH3 is 2. The Kier molecular flexibility index (Phi) is 4.48. The summed E-state index contributed by atoms with van der Waals surface area (Å²) in [6.07, 6.45) is 0.736. The van der Waals surface area contributed by atoms with Crippen LogP contribution >= 0.6 is 0 Å². The van der Waals surface area contributed by atoms with Gasteiger partial charge >= 0.3 is 0 Å². The molecule has 0 radical (unpaired) electrons. The largest absolute Gasteiger partial charge is 0.497 e.